The maximum Gasteiger partial charge on any atom is 0.399 e. The topological polar surface area (TPSA) is 36.8 Å². The van der Waals surface area contributed by atoms with Crippen LogP contribution in [0.25, 0.3) is 11.4 Å². The fraction of sp³-hybridized carbons (Fsp3) is 0.171. The van der Waals surface area contributed by atoms with E-state index in [2.05, 4.69) is 158 Å². The van der Waals surface area contributed by atoms with Gasteiger partial charge in [-0.1, -0.05) is 99.6 Å². The van der Waals surface area contributed by atoms with Gasteiger partial charge >= 0.3 is 6.98 Å². The molecule has 5 aromatic carbocycles. The maximum atomic E-state index is 6.46. The molecule has 0 fully saturated rings. The first-order valence-electron chi connectivity index (χ1n) is 16.6. The Morgan fingerprint density at radius 2 is 1.35 bits per heavy atom. The molecule has 0 radical (unpaired) electrons. The van der Waals surface area contributed by atoms with Crippen LogP contribution in [0.1, 0.15) is 50.7 Å². The monoisotopic (exact) mass is 821 g/mol. The van der Waals surface area contributed by atoms with Gasteiger partial charge in [0, 0.05) is 67.8 Å². The van der Waals surface area contributed by atoms with E-state index in [0.717, 1.165) is 39.8 Å². The first kappa shape index (κ1) is 32.8. The van der Waals surface area contributed by atoms with Crippen LogP contribution in [0.2, 0.25) is 0 Å². The minimum absolute atomic E-state index is 0. The quantitative estimate of drug-likeness (QED) is 0.119. The number of aromatic nitrogens is 2. The summed E-state index contributed by atoms with van der Waals surface area (Å²) in [6, 6.07) is 42.7. The first-order valence-corrected chi connectivity index (χ1v) is 16.6. The standard InChI is InChI=1S/C41H37BN5O.Pt/c1-28(2)34-17-12-18-35(29(3)4)40(34)42-44(5)37-22-21-33(26-36(37)41-43-23-24-47(41)42)48-32-16-11-15-31(25-32)46-27-45(30-13-7-6-8-14-30)38-19-9-10-20-39(38)46;/h6-24,27-29H,1-5H3;/q-3;. The molecule has 0 spiro atoms. The number of imidazole rings is 1. The number of nitrogens with zero attached hydrogens (tertiary/aromatic N) is 5. The molecular formula is C41H37BN5OPt-3. The van der Waals surface area contributed by atoms with E-state index in [-0.39, 0.29) is 28.0 Å². The van der Waals surface area contributed by atoms with Crippen LogP contribution in [0.4, 0.5) is 28.4 Å². The Balaban J connectivity index is 0.00000378. The number of anilines is 5. The van der Waals surface area contributed by atoms with Crippen molar-refractivity contribution in [1.29, 1.82) is 0 Å². The molecule has 3 heterocycles. The van der Waals surface area contributed by atoms with Crippen molar-refractivity contribution in [3.8, 4) is 22.9 Å². The normalized spacial score (nSPS) is 13.4. The van der Waals surface area contributed by atoms with E-state index in [1.54, 1.807) is 0 Å². The van der Waals surface area contributed by atoms with E-state index in [1.807, 2.05) is 30.5 Å². The number of rotatable bonds is 7. The van der Waals surface area contributed by atoms with Crippen molar-refractivity contribution in [1.82, 2.24) is 9.46 Å². The SMILES string of the molecule is CC(C)c1cccc(C(C)C)c1B1N(C)c2ccc(Oc3[c-]c(N4[CH-]N(c5ccccc5)c5ccccc54)ccc3)[c-]c2-c2nccn21.[Pt]. The number of hydrogen-bond donors (Lipinski definition) is 0. The van der Waals surface area contributed by atoms with Gasteiger partial charge in [-0.15, -0.1) is 36.6 Å². The van der Waals surface area contributed by atoms with Gasteiger partial charge in [0.25, 0.3) is 0 Å². The van der Waals surface area contributed by atoms with Crippen LogP contribution < -0.4 is 24.8 Å². The van der Waals surface area contributed by atoms with E-state index in [1.165, 1.54) is 16.6 Å². The third kappa shape index (κ3) is 5.74. The Bertz CT molecular complexity index is 2090. The van der Waals surface area contributed by atoms with Crippen molar-refractivity contribution in [2.75, 3.05) is 21.7 Å². The number of fused-ring (bicyclic) bond motifs is 4. The Kier molecular flexibility index (Phi) is 8.89. The van der Waals surface area contributed by atoms with Gasteiger partial charge in [-0.2, -0.15) is 6.07 Å². The molecule has 0 N–H and O–H groups in total. The summed E-state index contributed by atoms with van der Waals surface area (Å²) >= 11 is 0. The Hall–Kier alpha value is -4.74. The van der Waals surface area contributed by atoms with Gasteiger partial charge in [-0.3, -0.25) is 4.98 Å². The third-order valence-corrected chi connectivity index (χ3v) is 9.37. The number of hydrogen-bond acceptors (Lipinski definition) is 5. The molecule has 0 saturated carbocycles. The molecule has 0 aliphatic carbocycles. The van der Waals surface area contributed by atoms with Crippen molar-refractivity contribution in [2.24, 2.45) is 0 Å². The molecule has 0 bridgehead atoms. The molecular weight excluding hydrogens is 784 g/mol. The first-order chi connectivity index (χ1) is 23.4. The second-order valence-corrected chi connectivity index (χ2v) is 13.1. The summed E-state index contributed by atoms with van der Waals surface area (Å²) < 4.78 is 8.74. The Labute approximate surface area is 304 Å². The molecule has 0 saturated heterocycles. The van der Waals surface area contributed by atoms with Crippen LogP contribution in [0.5, 0.6) is 11.5 Å². The van der Waals surface area contributed by atoms with Gasteiger partial charge in [0.1, 0.15) is 0 Å². The van der Waals surface area contributed by atoms with Gasteiger partial charge in [-0.25, -0.2) is 0 Å². The smallest absolute Gasteiger partial charge is 0.399 e. The van der Waals surface area contributed by atoms with E-state index in [4.69, 9.17) is 9.72 Å². The van der Waals surface area contributed by atoms with Gasteiger partial charge in [-0.05, 0) is 59.7 Å². The number of ether oxygens (including phenoxy) is 1. The zero-order valence-corrected chi connectivity index (χ0v) is 30.5. The summed E-state index contributed by atoms with van der Waals surface area (Å²) in [4.78, 5) is 11.6. The minimum atomic E-state index is -0.0220. The average Bonchev–Trinajstić information content (AvgIpc) is 3.75. The molecule has 49 heavy (non-hydrogen) atoms. The van der Waals surface area contributed by atoms with Crippen LogP contribution in [0.3, 0.4) is 0 Å². The van der Waals surface area contributed by atoms with Crippen LogP contribution in [-0.2, 0) is 21.1 Å². The van der Waals surface area contributed by atoms with E-state index in [9.17, 15) is 0 Å². The van der Waals surface area contributed by atoms with Crippen molar-refractivity contribution >= 4 is 40.9 Å². The Morgan fingerprint density at radius 1 is 0.694 bits per heavy atom. The molecule has 0 amide bonds. The van der Waals surface area contributed by atoms with Crippen molar-refractivity contribution in [3.05, 3.63) is 145 Å². The van der Waals surface area contributed by atoms with Crippen LogP contribution >= 0.6 is 0 Å². The van der Waals surface area contributed by atoms with Crippen LogP contribution in [0, 0.1) is 18.8 Å². The van der Waals surface area contributed by atoms with E-state index >= 15 is 0 Å². The molecule has 8 heteroatoms. The van der Waals surface area contributed by atoms with E-state index < -0.39 is 0 Å². The molecule has 0 unspecified atom stereocenters. The second kappa shape index (κ2) is 13.3. The summed E-state index contributed by atoms with van der Waals surface area (Å²) in [6.45, 7) is 11.2. The predicted octanol–water partition coefficient (Wildman–Crippen LogP) is 9.29. The van der Waals surface area contributed by atoms with Crippen LogP contribution in [0.15, 0.2) is 116 Å². The second-order valence-electron chi connectivity index (χ2n) is 13.1. The zero-order valence-electron chi connectivity index (χ0n) is 28.2. The van der Waals surface area contributed by atoms with Gasteiger partial charge in [0.2, 0.25) is 0 Å². The number of benzene rings is 5. The molecule has 6 nitrogen and oxygen atoms in total. The maximum absolute atomic E-state index is 6.46. The van der Waals surface area contributed by atoms with Gasteiger partial charge in [0.05, 0.1) is 0 Å². The van der Waals surface area contributed by atoms with Crippen molar-refractivity contribution < 1.29 is 25.8 Å². The molecule has 2 aliphatic heterocycles. The van der Waals surface area contributed by atoms with Gasteiger partial charge in [0.15, 0.2) is 0 Å². The summed E-state index contributed by atoms with van der Waals surface area (Å²) in [7, 11) is 2.17. The van der Waals surface area contributed by atoms with Gasteiger partial charge < -0.3 is 23.8 Å². The number of para-hydroxylation sites is 3. The van der Waals surface area contributed by atoms with Crippen molar-refractivity contribution in [3.63, 3.8) is 0 Å². The largest absolute Gasteiger partial charge is 0.503 e. The zero-order chi connectivity index (χ0) is 32.9. The minimum Gasteiger partial charge on any atom is -0.503 e. The summed E-state index contributed by atoms with van der Waals surface area (Å²) in [6.07, 6.45) is 3.97. The Morgan fingerprint density at radius 3 is 2.06 bits per heavy atom. The summed E-state index contributed by atoms with van der Waals surface area (Å²) in [5.74, 6) is 2.90. The fourth-order valence-corrected chi connectivity index (χ4v) is 7.11. The van der Waals surface area contributed by atoms with Crippen molar-refractivity contribution in [2.45, 2.75) is 39.5 Å². The predicted molar refractivity (Wildman–Crippen MR) is 197 cm³/mol. The summed E-state index contributed by atoms with van der Waals surface area (Å²) in [5.41, 5.74) is 10.3. The molecule has 6 aromatic rings. The van der Waals surface area contributed by atoms with E-state index in [0.29, 0.717) is 23.3 Å². The molecule has 8 rings (SSSR count). The average molecular weight is 822 g/mol. The molecule has 0 atom stereocenters. The summed E-state index contributed by atoms with van der Waals surface area (Å²) in [5, 5.41) is 0. The molecule has 2 aliphatic rings. The molecule has 1 aromatic heterocycles. The third-order valence-electron chi connectivity index (χ3n) is 9.37. The molecule has 248 valence electrons. The fourth-order valence-electron chi connectivity index (χ4n) is 7.11. The van der Waals surface area contributed by atoms with Crippen LogP contribution in [-0.4, -0.2) is 23.5 Å².